The van der Waals surface area contributed by atoms with E-state index in [2.05, 4.69) is 22.0 Å². The molecular formula is C22H24N4O3. The second kappa shape index (κ2) is 8.52. The highest BCUT2D eigenvalue weighted by Gasteiger charge is 2.33. The van der Waals surface area contributed by atoms with Crippen LogP contribution in [0.2, 0.25) is 0 Å². The highest BCUT2D eigenvalue weighted by atomic mass is 16.5. The van der Waals surface area contributed by atoms with Crippen molar-refractivity contribution < 1.29 is 14.4 Å². The zero-order chi connectivity index (χ0) is 20.2. The number of imidazole rings is 1. The summed E-state index contributed by atoms with van der Waals surface area (Å²) < 4.78 is 13.0. The number of aromatic nitrogens is 3. The predicted octanol–water partition coefficient (Wildman–Crippen LogP) is 2.14. The monoisotopic (exact) mass is 392 g/mol. The Morgan fingerprint density at radius 1 is 1.34 bits per heavy atom. The maximum Gasteiger partial charge on any atom is 0.210 e. The smallest absolute Gasteiger partial charge is 0.210 e. The Hall–Kier alpha value is -3.08. The number of benzene rings is 1. The van der Waals surface area contributed by atoms with Crippen LogP contribution in [0.5, 0.6) is 5.75 Å². The molecule has 0 spiro atoms. The van der Waals surface area contributed by atoms with Crippen molar-refractivity contribution in [2.24, 2.45) is 11.7 Å². The fraction of sp³-hybridized carbons (Fsp3) is 0.364. The van der Waals surface area contributed by atoms with Crippen molar-refractivity contribution in [2.75, 3.05) is 13.2 Å². The third-order valence-corrected chi connectivity index (χ3v) is 5.07. The fourth-order valence-electron chi connectivity index (χ4n) is 3.16. The van der Waals surface area contributed by atoms with E-state index in [0.29, 0.717) is 30.0 Å². The fourth-order valence-corrected chi connectivity index (χ4v) is 3.16. The molecule has 3 N–H and O–H groups in total. The molecule has 2 heterocycles. The van der Waals surface area contributed by atoms with E-state index in [1.807, 2.05) is 42.0 Å². The summed E-state index contributed by atoms with van der Waals surface area (Å²) >= 11 is 0. The number of nitrogens with zero attached hydrogens (tertiary/aromatic N) is 3. The molecule has 3 aromatic rings. The predicted molar refractivity (Wildman–Crippen MR) is 107 cm³/mol. The molecule has 1 aromatic carbocycles. The van der Waals surface area contributed by atoms with Crippen molar-refractivity contribution in [3.8, 4) is 17.6 Å². The van der Waals surface area contributed by atoms with Crippen molar-refractivity contribution in [2.45, 2.75) is 31.8 Å². The molecule has 1 fully saturated rings. The number of ether oxygens (including phenoxy) is 1. The number of aliphatic hydroxyl groups excluding tert-OH is 1. The van der Waals surface area contributed by atoms with Crippen LogP contribution in [-0.4, -0.2) is 39.1 Å². The van der Waals surface area contributed by atoms with Gasteiger partial charge in [0.05, 0.1) is 13.2 Å². The van der Waals surface area contributed by atoms with Gasteiger partial charge in [-0.1, -0.05) is 18.0 Å². The van der Waals surface area contributed by atoms with Crippen molar-refractivity contribution in [1.29, 1.82) is 0 Å². The van der Waals surface area contributed by atoms with Gasteiger partial charge >= 0.3 is 0 Å². The second-order valence-electron chi connectivity index (χ2n) is 7.16. The van der Waals surface area contributed by atoms with E-state index < -0.39 is 0 Å². The minimum absolute atomic E-state index is 0.101. The van der Waals surface area contributed by atoms with E-state index in [1.54, 1.807) is 12.3 Å². The summed E-state index contributed by atoms with van der Waals surface area (Å²) in [7, 11) is 0. The van der Waals surface area contributed by atoms with Crippen LogP contribution in [0.4, 0.5) is 0 Å². The summed E-state index contributed by atoms with van der Waals surface area (Å²) in [5.41, 5.74) is 7.25. The highest BCUT2D eigenvalue weighted by Crippen LogP contribution is 2.28. The lowest BCUT2D eigenvalue weighted by atomic mass is 10.2. The van der Waals surface area contributed by atoms with Crippen LogP contribution < -0.4 is 10.5 Å². The largest absolute Gasteiger partial charge is 0.493 e. The zero-order valence-corrected chi connectivity index (χ0v) is 16.3. The number of hydrogen-bond acceptors (Lipinski definition) is 6. The first kappa shape index (κ1) is 19.2. The molecule has 0 bridgehead atoms. The lowest BCUT2D eigenvalue weighted by Gasteiger charge is -2.15. The summed E-state index contributed by atoms with van der Waals surface area (Å²) in [6.07, 6.45) is 5.36. The van der Waals surface area contributed by atoms with Gasteiger partial charge in [0, 0.05) is 42.4 Å². The Balaban J connectivity index is 1.42. The molecule has 29 heavy (non-hydrogen) atoms. The van der Waals surface area contributed by atoms with Gasteiger partial charge in [0.25, 0.3) is 0 Å². The standard InChI is InChI=1S/C22H24N4O3/c1-2-22-24-9-10-26(22)21(13-27)20-12-18(29-25-20)8-5-15-3-6-17(7-4-15)28-14-16-11-19(16)23/h3-4,6-7,9-10,12,16,19,21,27H,2,11,13-14,23H2,1H3/t16?,19?,21-/m1/s1. The van der Waals surface area contributed by atoms with Crippen molar-refractivity contribution in [3.05, 3.63) is 65.6 Å². The molecule has 2 aromatic heterocycles. The minimum Gasteiger partial charge on any atom is -0.493 e. The average molecular weight is 392 g/mol. The van der Waals surface area contributed by atoms with Gasteiger partial charge in [-0.2, -0.15) is 0 Å². The highest BCUT2D eigenvalue weighted by molar-refractivity contribution is 5.42. The third kappa shape index (κ3) is 4.50. The molecule has 1 aliphatic rings. The molecule has 0 radical (unpaired) electrons. The number of aliphatic hydroxyl groups is 1. The van der Waals surface area contributed by atoms with Gasteiger partial charge < -0.3 is 24.7 Å². The van der Waals surface area contributed by atoms with Crippen LogP contribution in [0, 0.1) is 17.8 Å². The van der Waals surface area contributed by atoms with Crippen LogP contribution >= 0.6 is 0 Å². The lowest BCUT2D eigenvalue weighted by molar-refractivity contribution is 0.240. The zero-order valence-electron chi connectivity index (χ0n) is 16.3. The number of aryl methyl sites for hydroxylation is 1. The Morgan fingerprint density at radius 2 is 2.14 bits per heavy atom. The normalized spacial score (nSPS) is 18.7. The Morgan fingerprint density at radius 3 is 2.83 bits per heavy atom. The molecule has 0 saturated heterocycles. The van der Waals surface area contributed by atoms with Gasteiger partial charge in [0.2, 0.25) is 5.76 Å². The Labute approximate surface area is 169 Å². The van der Waals surface area contributed by atoms with E-state index in [0.717, 1.165) is 30.0 Å². The van der Waals surface area contributed by atoms with E-state index in [4.69, 9.17) is 15.0 Å². The second-order valence-corrected chi connectivity index (χ2v) is 7.16. The van der Waals surface area contributed by atoms with Crippen LogP contribution in [0.25, 0.3) is 0 Å². The third-order valence-electron chi connectivity index (χ3n) is 5.07. The van der Waals surface area contributed by atoms with E-state index >= 15 is 0 Å². The molecule has 1 saturated carbocycles. The maximum atomic E-state index is 9.83. The molecule has 1 aliphatic carbocycles. The van der Waals surface area contributed by atoms with Gasteiger partial charge in [-0.15, -0.1) is 0 Å². The molecular weight excluding hydrogens is 368 g/mol. The lowest BCUT2D eigenvalue weighted by Crippen LogP contribution is -2.16. The molecule has 2 unspecified atom stereocenters. The minimum atomic E-state index is -0.345. The molecule has 7 nitrogen and oxygen atoms in total. The molecule has 0 aliphatic heterocycles. The summed E-state index contributed by atoms with van der Waals surface area (Å²) in [5.74, 6) is 8.65. The van der Waals surface area contributed by atoms with Gasteiger partial charge in [-0.05, 0) is 36.6 Å². The average Bonchev–Trinajstić information content (AvgIpc) is 3.13. The van der Waals surface area contributed by atoms with Crippen molar-refractivity contribution in [3.63, 3.8) is 0 Å². The van der Waals surface area contributed by atoms with Gasteiger partial charge in [0.1, 0.15) is 23.3 Å². The summed E-state index contributed by atoms with van der Waals surface area (Å²) in [5, 5.41) is 13.9. The SMILES string of the molecule is CCc1nccn1[C@H](CO)c1cc(C#Cc2ccc(OCC3CC3N)cc2)on1. The quantitative estimate of drug-likeness (QED) is 0.598. The topological polar surface area (TPSA) is 99.3 Å². The van der Waals surface area contributed by atoms with Crippen LogP contribution in [0.1, 0.15) is 42.2 Å². The first-order valence-electron chi connectivity index (χ1n) is 9.77. The van der Waals surface area contributed by atoms with E-state index in [9.17, 15) is 5.11 Å². The molecule has 4 rings (SSSR count). The first-order chi connectivity index (χ1) is 14.2. The summed E-state index contributed by atoms with van der Waals surface area (Å²) in [6, 6.07) is 9.31. The summed E-state index contributed by atoms with van der Waals surface area (Å²) in [6.45, 7) is 2.58. The first-order valence-corrected chi connectivity index (χ1v) is 9.77. The number of hydrogen-bond donors (Lipinski definition) is 2. The van der Waals surface area contributed by atoms with E-state index in [-0.39, 0.29) is 12.6 Å². The van der Waals surface area contributed by atoms with Crippen LogP contribution in [-0.2, 0) is 6.42 Å². The van der Waals surface area contributed by atoms with Crippen molar-refractivity contribution >= 4 is 0 Å². The summed E-state index contributed by atoms with van der Waals surface area (Å²) in [4.78, 5) is 4.30. The molecule has 0 amide bonds. The van der Waals surface area contributed by atoms with E-state index in [1.165, 1.54) is 0 Å². The Bertz CT molecular complexity index is 1010. The number of rotatable bonds is 7. The van der Waals surface area contributed by atoms with Crippen LogP contribution in [0.15, 0.2) is 47.2 Å². The maximum absolute atomic E-state index is 9.83. The van der Waals surface area contributed by atoms with Gasteiger partial charge in [-0.3, -0.25) is 0 Å². The van der Waals surface area contributed by atoms with Gasteiger partial charge in [-0.25, -0.2) is 4.98 Å². The number of nitrogens with two attached hydrogens (primary N) is 1. The molecule has 7 heteroatoms. The Kier molecular flexibility index (Phi) is 5.65. The van der Waals surface area contributed by atoms with Crippen LogP contribution in [0.3, 0.4) is 0 Å². The van der Waals surface area contributed by atoms with Gasteiger partial charge in [0.15, 0.2) is 0 Å². The van der Waals surface area contributed by atoms with Crippen molar-refractivity contribution in [1.82, 2.24) is 14.7 Å². The molecule has 150 valence electrons. The molecule has 3 atom stereocenters.